The van der Waals surface area contributed by atoms with Gasteiger partial charge in [0.2, 0.25) is 0 Å². The van der Waals surface area contributed by atoms with Crippen LogP contribution in [0, 0.1) is 0 Å². The number of carbonyl (C=O) groups excluding carboxylic acids is 1. The number of nitrogens with zero attached hydrogens (tertiary/aromatic N) is 2. The van der Waals surface area contributed by atoms with Crippen molar-refractivity contribution in [3.63, 3.8) is 0 Å². The molecule has 100 valence electrons. The molecule has 0 spiro atoms. The maximum Gasteiger partial charge on any atom is 0.410 e. The first kappa shape index (κ1) is 15.0. The van der Waals surface area contributed by atoms with E-state index in [1.165, 1.54) is 0 Å². The van der Waals surface area contributed by atoms with Crippen LogP contribution in [0.15, 0.2) is 22.8 Å². The van der Waals surface area contributed by atoms with Gasteiger partial charge in [0.1, 0.15) is 5.60 Å². The van der Waals surface area contributed by atoms with E-state index in [9.17, 15) is 4.79 Å². The second-order valence-electron chi connectivity index (χ2n) is 4.96. The minimum atomic E-state index is -0.475. The number of carbonyl (C=O) groups is 1. The molecule has 1 rings (SSSR count). The van der Waals surface area contributed by atoms with Crippen LogP contribution < -0.4 is 0 Å². The molecule has 0 unspecified atom stereocenters. The van der Waals surface area contributed by atoms with Crippen molar-refractivity contribution in [3.8, 4) is 0 Å². The quantitative estimate of drug-likeness (QED) is 0.856. The Morgan fingerprint density at radius 2 is 2.11 bits per heavy atom. The molecule has 0 N–H and O–H groups in total. The summed E-state index contributed by atoms with van der Waals surface area (Å²) in [5, 5.41) is 0. The van der Waals surface area contributed by atoms with Crippen LogP contribution in [0.25, 0.3) is 0 Å². The highest BCUT2D eigenvalue weighted by molar-refractivity contribution is 9.10. The molecular weight excluding hydrogens is 296 g/mol. The van der Waals surface area contributed by atoms with E-state index in [2.05, 4.69) is 20.9 Å². The van der Waals surface area contributed by atoms with E-state index in [4.69, 9.17) is 4.74 Å². The van der Waals surface area contributed by atoms with E-state index in [1.807, 2.05) is 39.8 Å². The minimum absolute atomic E-state index is 0.310. The van der Waals surface area contributed by atoms with Crippen molar-refractivity contribution in [2.45, 2.75) is 39.8 Å². The zero-order valence-electron chi connectivity index (χ0n) is 11.2. The van der Waals surface area contributed by atoms with Gasteiger partial charge in [0.05, 0.1) is 12.2 Å². The van der Waals surface area contributed by atoms with Gasteiger partial charge in [0.15, 0.2) is 0 Å². The summed E-state index contributed by atoms with van der Waals surface area (Å²) in [6, 6.07) is 3.79. The zero-order valence-corrected chi connectivity index (χ0v) is 12.8. The standard InChI is InChI=1S/C13H19BrN2O2/c1-5-16(12(17)18-13(2,3)4)9-11-7-6-10(14)8-15-11/h6-8H,5,9H2,1-4H3. The highest BCUT2D eigenvalue weighted by Crippen LogP contribution is 2.13. The monoisotopic (exact) mass is 314 g/mol. The number of amides is 1. The fraction of sp³-hybridized carbons (Fsp3) is 0.538. The Morgan fingerprint density at radius 3 is 2.56 bits per heavy atom. The highest BCUT2D eigenvalue weighted by Gasteiger charge is 2.21. The van der Waals surface area contributed by atoms with Gasteiger partial charge in [-0.05, 0) is 55.8 Å². The van der Waals surface area contributed by atoms with Crippen LogP contribution in [-0.2, 0) is 11.3 Å². The minimum Gasteiger partial charge on any atom is -0.444 e. The summed E-state index contributed by atoms with van der Waals surface area (Å²) >= 11 is 3.33. The molecule has 0 aliphatic rings. The van der Waals surface area contributed by atoms with Crippen LogP contribution in [0.2, 0.25) is 0 Å². The third-order valence-electron chi connectivity index (χ3n) is 2.17. The lowest BCUT2D eigenvalue weighted by atomic mass is 10.2. The van der Waals surface area contributed by atoms with Crippen molar-refractivity contribution in [3.05, 3.63) is 28.5 Å². The van der Waals surface area contributed by atoms with Gasteiger partial charge in [-0.3, -0.25) is 4.98 Å². The number of pyridine rings is 1. The van der Waals surface area contributed by atoms with Gasteiger partial charge in [0, 0.05) is 17.2 Å². The molecule has 0 aliphatic carbocycles. The predicted molar refractivity (Wildman–Crippen MR) is 74.3 cm³/mol. The summed E-state index contributed by atoms with van der Waals surface area (Å²) in [6.45, 7) is 8.54. The first-order valence-corrected chi connectivity index (χ1v) is 6.69. The van der Waals surface area contributed by atoms with E-state index in [1.54, 1.807) is 11.1 Å². The van der Waals surface area contributed by atoms with Crippen molar-refractivity contribution in [2.75, 3.05) is 6.54 Å². The highest BCUT2D eigenvalue weighted by atomic mass is 79.9. The number of rotatable bonds is 3. The molecule has 0 radical (unpaired) electrons. The van der Waals surface area contributed by atoms with Crippen LogP contribution in [0.3, 0.4) is 0 Å². The van der Waals surface area contributed by atoms with Gasteiger partial charge >= 0.3 is 6.09 Å². The summed E-state index contributed by atoms with van der Waals surface area (Å²) in [4.78, 5) is 17.8. The fourth-order valence-corrected chi connectivity index (χ4v) is 1.56. The molecule has 0 saturated carbocycles. The fourth-order valence-electron chi connectivity index (χ4n) is 1.33. The lowest BCUT2D eigenvalue weighted by Crippen LogP contribution is -2.36. The van der Waals surface area contributed by atoms with E-state index < -0.39 is 5.60 Å². The molecular formula is C13H19BrN2O2. The van der Waals surface area contributed by atoms with Gasteiger partial charge in [-0.25, -0.2) is 4.79 Å². The molecule has 0 atom stereocenters. The van der Waals surface area contributed by atoms with E-state index in [0.29, 0.717) is 13.1 Å². The molecule has 0 fully saturated rings. The van der Waals surface area contributed by atoms with E-state index in [0.717, 1.165) is 10.2 Å². The van der Waals surface area contributed by atoms with Crippen LogP contribution in [0.4, 0.5) is 4.79 Å². The van der Waals surface area contributed by atoms with Crippen molar-refractivity contribution in [2.24, 2.45) is 0 Å². The Bertz CT molecular complexity index is 398. The third kappa shape index (κ3) is 5.04. The second kappa shape index (κ2) is 6.18. The van der Waals surface area contributed by atoms with Crippen LogP contribution in [0.1, 0.15) is 33.4 Å². The van der Waals surface area contributed by atoms with E-state index in [-0.39, 0.29) is 6.09 Å². The molecule has 18 heavy (non-hydrogen) atoms. The maximum atomic E-state index is 11.9. The molecule has 0 aliphatic heterocycles. The Hall–Kier alpha value is -1.10. The lowest BCUT2D eigenvalue weighted by Gasteiger charge is -2.26. The molecule has 1 aromatic heterocycles. The van der Waals surface area contributed by atoms with Crippen molar-refractivity contribution in [1.82, 2.24) is 9.88 Å². The van der Waals surface area contributed by atoms with Crippen LogP contribution in [-0.4, -0.2) is 28.1 Å². The number of hydrogen-bond donors (Lipinski definition) is 0. The van der Waals surface area contributed by atoms with E-state index >= 15 is 0 Å². The van der Waals surface area contributed by atoms with Gasteiger partial charge in [0.25, 0.3) is 0 Å². The second-order valence-corrected chi connectivity index (χ2v) is 5.88. The molecule has 5 heteroatoms. The van der Waals surface area contributed by atoms with Crippen molar-refractivity contribution >= 4 is 22.0 Å². The molecule has 1 amide bonds. The number of aromatic nitrogens is 1. The first-order valence-electron chi connectivity index (χ1n) is 5.90. The average Bonchev–Trinajstić information content (AvgIpc) is 2.25. The van der Waals surface area contributed by atoms with Crippen LogP contribution >= 0.6 is 15.9 Å². The molecule has 0 saturated heterocycles. The molecule has 4 nitrogen and oxygen atoms in total. The summed E-state index contributed by atoms with van der Waals surface area (Å²) in [5.41, 5.74) is 0.364. The number of hydrogen-bond acceptors (Lipinski definition) is 3. The molecule has 0 aromatic carbocycles. The van der Waals surface area contributed by atoms with Gasteiger partial charge in [-0.2, -0.15) is 0 Å². The summed E-state index contributed by atoms with van der Waals surface area (Å²) in [6.07, 6.45) is 1.41. The van der Waals surface area contributed by atoms with Crippen molar-refractivity contribution < 1.29 is 9.53 Å². The molecule has 1 aromatic rings. The Balaban J connectivity index is 2.67. The molecule has 1 heterocycles. The van der Waals surface area contributed by atoms with Gasteiger partial charge in [-0.1, -0.05) is 0 Å². The third-order valence-corrected chi connectivity index (χ3v) is 2.64. The summed E-state index contributed by atoms with van der Waals surface area (Å²) < 4.78 is 6.26. The van der Waals surface area contributed by atoms with Crippen LogP contribution in [0.5, 0.6) is 0 Å². The summed E-state index contributed by atoms with van der Waals surface area (Å²) in [5.74, 6) is 0. The van der Waals surface area contributed by atoms with Gasteiger partial charge in [-0.15, -0.1) is 0 Å². The Kier molecular flexibility index (Phi) is 5.14. The zero-order chi connectivity index (χ0) is 13.8. The average molecular weight is 315 g/mol. The SMILES string of the molecule is CCN(Cc1ccc(Br)cn1)C(=O)OC(C)(C)C. The normalized spacial score (nSPS) is 11.2. The lowest BCUT2D eigenvalue weighted by molar-refractivity contribution is 0.0242. The number of ether oxygens (including phenoxy) is 1. The smallest absolute Gasteiger partial charge is 0.410 e. The topological polar surface area (TPSA) is 42.4 Å². The molecule has 0 bridgehead atoms. The Morgan fingerprint density at radius 1 is 1.44 bits per heavy atom. The Labute approximate surface area is 116 Å². The number of halogens is 1. The first-order chi connectivity index (χ1) is 8.31. The summed E-state index contributed by atoms with van der Waals surface area (Å²) in [7, 11) is 0. The predicted octanol–water partition coefficient (Wildman–Crippen LogP) is 3.60. The van der Waals surface area contributed by atoms with Gasteiger partial charge < -0.3 is 9.64 Å². The maximum absolute atomic E-state index is 11.9. The van der Waals surface area contributed by atoms with Crippen molar-refractivity contribution in [1.29, 1.82) is 0 Å². The largest absolute Gasteiger partial charge is 0.444 e.